The molecule has 1 unspecified atom stereocenters. The molecule has 1 atom stereocenters. The largest absolute Gasteiger partial charge is 0.247 e. The molecule has 2 aromatic rings. The summed E-state index contributed by atoms with van der Waals surface area (Å²) in [7, 11) is 0. The molecule has 1 heterocycles. The number of halogens is 1. The summed E-state index contributed by atoms with van der Waals surface area (Å²) in [5, 5.41) is 3.24. The predicted octanol–water partition coefficient (Wildman–Crippen LogP) is 4.02. The van der Waals surface area contributed by atoms with E-state index in [0.717, 1.165) is 17.1 Å². The summed E-state index contributed by atoms with van der Waals surface area (Å²) in [6.45, 7) is 2.03. The van der Waals surface area contributed by atoms with Crippen LogP contribution in [0.4, 0.5) is 0 Å². The summed E-state index contributed by atoms with van der Waals surface area (Å²) >= 11 is 7.73. The lowest BCUT2D eigenvalue weighted by Crippen LogP contribution is -2.04. The van der Waals surface area contributed by atoms with Crippen LogP contribution in [0.3, 0.4) is 0 Å². The van der Waals surface area contributed by atoms with E-state index < -0.39 is 0 Å². The van der Waals surface area contributed by atoms with Gasteiger partial charge in [0.25, 0.3) is 0 Å². The van der Waals surface area contributed by atoms with Crippen LogP contribution in [-0.2, 0) is 6.42 Å². The number of rotatable bonds is 4. The van der Waals surface area contributed by atoms with E-state index in [-0.39, 0.29) is 0 Å². The zero-order chi connectivity index (χ0) is 11.4. The number of nitrogens with zero attached hydrogens (tertiary/aromatic N) is 1. The normalized spacial score (nSPS) is 12.6. The van der Waals surface area contributed by atoms with Crippen LogP contribution in [0.25, 0.3) is 0 Å². The fraction of sp³-hybridized carbons (Fsp3) is 0.308. The Morgan fingerprint density at radius 2 is 2.06 bits per heavy atom. The van der Waals surface area contributed by atoms with Crippen molar-refractivity contribution in [3.63, 3.8) is 0 Å². The molecule has 2 rings (SSSR count). The zero-order valence-corrected chi connectivity index (χ0v) is 10.8. The Morgan fingerprint density at radius 1 is 1.31 bits per heavy atom. The smallest absolute Gasteiger partial charge is 0.0897 e. The van der Waals surface area contributed by atoms with E-state index in [2.05, 4.69) is 34.6 Å². The summed E-state index contributed by atoms with van der Waals surface area (Å²) in [6.07, 6.45) is 0.928. The third kappa shape index (κ3) is 2.83. The molecular formula is C13H14ClNS. The van der Waals surface area contributed by atoms with Gasteiger partial charge in [-0.25, -0.2) is 4.98 Å². The summed E-state index contributed by atoms with van der Waals surface area (Å²) in [5.41, 5.74) is 2.44. The topological polar surface area (TPSA) is 12.9 Å². The van der Waals surface area contributed by atoms with Gasteiger partial charge in [-0.1, -0.05) is 30.3 Å². The number of hydrogen-bond donors (Lipinski definition) is 0. The van der Waals surface area contributed by atoms with Gasteiger partial charge >= 0.3 is 0 Å². The predicted molar refractivity (Wildman–Crippen MR) is 70.5 cm³/mol. The van der Waals surface area contributed by atoms with E-state index in [1.807, 2.05) is 13.0 Å². The van der Waals surface area contributed by atoms with E-state index in [1.54, 1.807) is 11.3 Å². The van der Waals surface area contributed by atoms with Crippen molar-refractivity contribution in [1.82, 2.24) is 4.98 Å². The average molecular weight is 252 g/mol. The van der Waals surface area contributed by atoms with Gasteiger partial charge in [0.15, 0.2) is 0 Å². The Balaban J connectivity index is 2.12. The third-order valence-electron chi connectivity index (χ3n) is 2.58. The molecule has 0 radical (unpaired) electrons. The minimum absolute atomic E-state index is 0.365. The highest BCUT2D eigenvalue weighted by molar-refractivity contribution is 7.09. The lowest BCUT2D eigenvalue weighted by atomic mass is 9.96. The van der Waals surface area contributed by atoms with E-state index >= 15 is 0 Å². The maximum Gasteiger partial charge on any atom is 0.0897 e. The van der Waals surface area contributed by atoms with Crippen molar-refractivity contribution in [3.8, 4) is 0 Å². The molecule has 0 amide bonds. The molecule has 0 N–H and O–H groups in total. The average Bonchev–Trinajstić information content (AvgIpc) is 2.73. The van der Waals surface area contributed by atoms with Crippen LogP contribution >= 0.6 is 22.9 Å². The van der Waals surface area contributed by atoms with Gasteiger partial charge in [-0.15, -0.1) is 22.9 Å². The minimum Gasteiger partial charge on any atom is -0.247 e. The van der Waals surface area contributed by atoms with E-state index in [1.165, 1.54) is 5.56 Å². The number of aryl methyl sites for hydroxylation is 1. The molecule has 3 heteroatoms. The van der Waals surface area contributed by atoms with Gasteiger partial charge in [-0.3, -0.25) is 0 Å². The molecular weight excluding hydrogens is 238 g/mol. The van der Waals surface area contributed by atoms with Gasteiger partial charge in [0.05, 0.1) is 10.7 Å². The van der Waals surface area contributed by atoms with Crippen LogP contribution in [0.2, 0.25) is 0 Å². The number of hydrogen-bond acceptors (Lipinski definition) is 2. The molecule has 0 aliphatic carbocycles. The Kier molecular flexibility index (Phi) is 3.97. The van der Waals surface area contributed by atoms with Crippen molar-refractivity contribution in [3.05, 3.63) is 52.0 Å². The number of aromatic nitrogens is 1. The Labute approximate surface area is 105 Å². The van der Waals surface area contributed by atoms with Gasteiger partial charge in [0, 0.05) is 17.2 Å². The number of benzene rings is 1. The van der Waals surface area contributed by atoms with Crippen molar-refractivity contribution >= 4 is 22.9 Å². The van der Waals surface area contributed by atoms with E-state index in [9.17, 15) is 0 Å². The third-order valence-corrected chi connectivity index (χ3v) is 3.77. The fourth-order valence-electron chi connectivity index (χ4n) is 1.74. The van der Waals surface area contributed by atoms with Crippen molar-refractivity contribution < 1.29 is 0 Å². The molecule has 0 aliphatic heterocycles. The molecule has 0 bridgehead atoms. The Bertz CT molecular complexity index is 438. The summed E-state index contributed by atoms with van der Waals surface area (Å²) < 4.78 is 0. The van der Waals surface area contributed by atoms with Crippen LogP contribution in [0.1, 0.15) is 22.2 Å². The molecule has 0 saturated carbocycles. The van der Waals surface area contributed by atoms with Crippen molar-refractivity contribution in [2.24, 2.45) is 0 Å². The highest BCUT2D eigenvalue weighted by Gasteiger charge is 2.12. The van der Waals surface area contributed by atoms with Crippen LogP contribution in [-0.4, -0.2) is 10.9 Å². The molecule has 0 saturated heterocycles. The summed E-state index contributed by atoms with van der Waals surface area (Å²) in [4.78, 5) is 4.48. The molecule has 1 aromatic carbocycles. The monoisotopic (exact) mass is 251 g/mol. The molecule has 84 valence electrons. The Hall–Kier alpha value is -0.860. The van der Waals surface area contributed by atoms with Crippen LogP contribution in [0.5, 0.6) is 0 Å². The van der Waals surface area contributed by atoms with Gasteiger partial charge in [0.1, 0.15) is 0 Å². The van der Waals surface area contributed by atoms with Crippen molar-refractivity contribution in [1.29, 1.82) is 0 Å². The second kappa shape index (κ2) is 5.46. The summed E-state index contributed by atoms with van der Waals surface area (Å²) in [5.74, 6) is 1.00. The van der Waals surface area contributed by atoms with Crippen LogP contribution < -0.4 is 0 Å². The number of thiazole rings is 1. The fourth-order valence-corrected chi connectivity index (χ4v) is 2.65. The lowest BCUT2D eigenvalue weighted by molar-refractivity contribution is 0.750. The molecule has 0 spiro atoms. The maximum atomic E-state index is 6.03. The molecule has 1 aromatic heterocycles. The van der Waals surface area contributed by atoms with Crippen molar-refractivity contribution in [2.45, 2.75) is 19.3 Å². The van der Waals surface area contributed by atoms with Gasteiger partial charge in [-0.05, 0) is 18.9 Å². The second-order valence-electron chi connectivity index (χ2n) is 3.82. The second-order valence-corrected chi connectivity index (χ2v) is 5.19. The first-order valence-electron chi connectivity index (χ1n) is 5.31. The first kappa shape index (κ1) is 11.6. The van der Waals surface area contributed by atoms with Gasteiger partial charge in [0.2, 0.25) is 0 Å². The van der Waals surface area contributed by atoms with Gasteiger partial charge in [-0.2, -0.15) is 0 Å². The molecule has 1 nitrogen and oxygen atoms in total. The molecule has 0 fully saturated rings. The van der Waals surface area contributed by atoms with E-state index in [4.69, 9.17) is 11.6 Å². The summed E-state index contributed by atoms with van der Waals surface area (Å²) in [6, 6.07) is 10.4. The minimum atomic E-state index is 0.365. The zero-order valence-electron chi connectivity index (χ0n) is 9.19. The highest BCUT2D eigenvalue weighted by Crippen LogP contribution is 2.22. The standard InChI is InChI=1S/C13H14ClNS/c1-10-15-13(9-16-10)7-12(8-14)11-5-3-2-4-6-11/h2-6,9,12H,7-8H2,1H3. The maximum absolute atomic E-state index is 6.03. The lowest BCUT2D eigenvalue weighted by Gasteiger charge is -2.12. The van der Waals surface area contributed by atoms with Crippen molar-refractivity contribution in [2.75, 3.05) is 5.88 Å². The Morgan fingerprint density at radius 3 is 2.62 bits per heavy atom. The number of alkyl halides is 1. The van der Waals surface area contributed by atoms with Gasteiger partial charge < -0.3 is 0 Å². The first-order valence-corrected chi connectivity index (χ1v) is 6.73. The quantitative estimate of drug-likeness (QED) is 0.748. The SMILES string of the molecule is Cc1nc(CC(CCl)c2ccccc2)cs1. The first-order chi connectivity index (χ1) is 7.79. The van der Waals surface area contributed by atoms with Crippen LogP contribution in [0, 0.1) is 6.92 Å². The van der Waals surface area contributed by atoms with Crippen LogP contribution in [0.15, 0.2) is 35.7 Å². The highest BCUT2D eigenvalue weighted by atomic mass is 35.5. The molecule has 16 heavy (non-hydrogen) atoms. The molecule has 0 aliphatic rings. The van der Waals surface area contributed by atoms with E-state index in [0.29, 0.717) is 11.8 Å².